The molecule has 2 aromatic carbocycles. The Morgan fingerprint density at radius 1 is 0.923 bits per heavy atom. The minimum absolute atomic E-state index is 0.00939. The average molecular weight is 544 g/mol. The molecule has 206 valence electrons. The molecule has 0 unspecified atom stereocenters. The van der Waals surface area contributed by atoms with Gasteiger partial charge in [-0.1, -0.05) is 24.3 Å². The summed E-state index contributed by atoms with van der Waals surface area (Å²) in [5.41, 5.74) is 0.568. The minimum atomic E-state index is -4.54. The van der Waals surface area contributed by atoms with Gasteiger partial charge in [-0.15, -0.1) is 0 Å². The number of benzene rings is 2. The van der Waals surface area contributed by atoms with E-state index in [2.05, 4.69) is 14.9 Å². The first-order valence-electron chi connectivity index (χ1n) is 12.4. The number of alkyl halides is 3. The molecule has 39 heavy (non-hydrogen) atoms. The zero-order valence-electron chi connectivity index (χ0n) is 21.7. The predicted molar refractivity (Wildman–Crippen MR) is 139 cm³/mol. The molecule has 0 saturated carbocycles. The molecule has 3 heterocycles. The quantitative estimate of drug-likeness (QED) is 0.339. The topological polar surface area (TPSA) is 83.6 Å². The number of aromatic nitrogens is 4. The van der Waals surface area contributed by atoms with Crippen LogP contribution >= 0.6 is 0 Å². The van der Waals surface area contributed by atoms with Gasteiger partial charge in [0.1, 0.15) is 17.6 Å². The highest BCUT2D eigenvalue weighted by Crippen LogP contribution is 2.38. The summed E-state index contributed by atoms with van der Waals surface area (Å²) in [6, 6.07) is 10.4. The summed E-state index contributed by atoms with van der Waals surface area (Å²) in [5.74, 6) is 1.20. The summed E-state index contributed by atoms with van der Waals surface area (Å²) in [4.78, 5) is 24.3. The van der Waals surface area contributed by atoms with Crippen LogP contribution in [0.3, 0.4) is 0 Å². The molecule has 1 saturated heterocycles. The Hall–Kier alpha value is -4.22. The van der Waals surface area contributed by atoms with Gasteiger partial charge in [-0.25, -0.2) is 4.79 Å². The van der Waals surface area contributed by atoms with Crippen molar-refractivity contribution in [3.05, 3.63) is 70.4 Å². The van der Waals surface area contributed by atoms with Crippen LogP contribution in [0.2, 0.25) is 0 Å². The highest BCUT2D eigenvalue weighted by Gasteiger charge is 2.34. The minimum Gasteiger partial charge on any atom is -0.494 e. The van der Waals surface area contributed by atoms with Gasteiger partial charge in [0.05, 0.1) is 39.0 Å². The number of methoxy groups -OCH3 is 3. The number of hydrogen-bond donors (Lipinski definition) is 0. The van der Waals surface area contributed by atoms with Gasteiger partial charge in [0.25, 0.3) is 0 Å². The van der Waals surface area contributed by atoms with Crippen molar-refractivity contribution in [1.82, 2.24) is 19.1 Å². The van der Waals surface area contributed by atoms with Crippen molar-refractivity contribution in [2.75, 3.05) is 39.3 Å². The van der Waals surface area contributed by atoms with Gasteiger partial charge in [0.15, 0.2) is 5.69 Å². The molecule has 5 rings (SSSR count). The highest BCUT2D eigenvalue weighted by atomic mass is 19.4. The Labute approximate surface area is 222 Å². The summed E-state index contributed by atoms with van der Waals surface area (Å²) < 4.78 is 60.7. The summed E-state index contributed by atoms with van der Waals surface area (Å²) in [5, 5.41) is 0. The lowest BCUT2D eigenvalue weighted by Gasteiger charge is -2.34. The molecule has 1 aliphatic heterocycles. The largest absolute Gasteiger partial charge is 0.494 e. The third kappa shape index (κ3) is 4.75. The molecule has 0 N–H and O–H groups in total. The maximum absolute atomic E-state index is 13.9. The van der Waals surface area contributed by atoms with Crippen LogP contribution in [0.25, 0.3) is 11.0 Å². The first-order valence-corrected chi connectivity index (χ1v) is 12.4. The molecule has 2 aromatic heterocycles. The van der Waals surface area contributed by atoms with Crippen LogP contribution in [0.4, 0.5) is 18.9 Å². The van der Waals surface area contributed by atoms with E-state index in [-0.39, 0.29) is 23.8 Å². The number of fused-ring (bicyclic) bond motifs is 1. The molecule has 1 fully saturated rings. The normalized spacial score (nSPS) is 14.6. The summed E-state index contributed by atoms with van der Waals surface area (Å²) in [7, 11) is 4.53. The van der Waals surface area contributed by atoms with Gasteiger partial charge in [-0.05, 0) is 36.6 Å². The Kier molecular flexibility index (Phi) is 7.11. The van der Waals surface area contributed by atoms with Crippen LogP contribution in [0.1, 0.15) is 30.0 Å². The number of ether oxygens (including phenoxy) is 3. The van der Waals surface area contributed by atoms with Crippen molar-refractivity contribution >= 4 is 16.7 Å². The van der Waals surface area contributed by atoms with Gasteiger partial charge < -0.3 is 19.1 Å². The fourth-order valence-electron chi connectivity index (χ4n) is 5.34. The first-order chi connectivity index (χ1) is 18.8. The van der Waals surface area contributed by atoms with Crippen LogP contribution in [0.5, 0.6) is 17.5 Å². The molecule has 0 radical (unpaired) electrons. The molecule has 12 heteroatoms. The zero-order chi connectivity index (χ0) is 27.7. The molecule has 0 atom stereocenters. The maximum Gasteiger partial charge on any atom is 0.416 e. The lowest BCUT2D eigenvalue weighted by atomic mass is 10.0. The van der Waals surface area contributed by atoms with Crippen molar-refractivity contribution in [3.63, 3.8) is 0 Å². The van der Waals surface area contributed by atoms with E-state index in [1.54, 1.807) is 22.8 Å². The van der Waals surface area contributed by atoms with Crippen LogP contribution in [-0.4, -0.2) is 53.5 Å². The van der Waals surface area contributed by atoms with Gasteiger partial charge >= 0.3 is 11.9 Å². The molecule has 0 aliphatic carbocycles. The molecular formula is C27H28F3N5O4. The van der Waals surface area contributed by atoms with Crippen LogP contribution in [0, 0.1) is 0 Å². The molecule has 4 aromatic rings. The number of hydrogen-bond acceptors (Lipinski definition) is 7. The second kappa shape index (κ2) is 10.5. The molecule has 0 bridgehead atoms. The average Bonchev–Trinajstić information content (AvgIpc) is 3.23. The van der Waals surface area contributed by atoms with E-state index in [1.807, 2.05) is 0 Å². The number of halogens is 3. The number of imidazole rings is 1. The smallest absolute Gasteiger partial charge is 0.416 e. The fourth-order valence-corrected chi connectivity index (χ4v) is 5.34. The number of piperidine rings is 1. The maximum atomic E-state index is 13.9. The Bertz CT molecular complexity index is 1520. The number of rotatable bonds is 7. The molecule has 1 aliphatic rings. The summed E-state index contributed by atoms with van der Waals surface area (Å²) >= 11 is 0. The molecular weight excluding hydrogens is 515 g/mol. The SMILES string of the molecule is COc1ncnc(OC)c1N1CCC(n2c(=O)n(Cc3ccccc3C(F)(F)F)c3c(OC)cccc32)CC1. The monoisotopic (exact) mass is 543 g/mol. The lowest BCUT2D eigenvalue weighted by Crippen LogP contribution is -2.38. The van der Waals surface area contributed by atoms with E-state index < -0.39 is 11.7 Å². The van der Waals surface area contributed by atoms with Crippen molar-refractivity contribution in [2.45, 2.75) is 31.6 Å². The van der Waals surface area contributed by atoms with Crippen molar-refractivity contribution in [1.29, 1.82) is 0 Å². The van der Waals surface area contributed by atoms with Gasteiger partial charge in [-0.2, -0.15) is 23.1 Å². The number of nitrogens with zero attached hydrogens (tertiary/aromatic N) is 5. The lowest BCUT2D eigenvalue weighted by molar-refractivity contribution is -0.138. The molecule has 9 nitrogen and oxygen atoms in total. The summed E-state index contributed by atoms with van der Waals surface area (Å²) in [6.07, 6.45) is -1.99. The number of para-hydroxylation sites is 1. The third-order valence-corrected chi connectivity index (χ3v) is 7.10. The number of anilines is 1. The fraction of sp³-hybridized carbons (Fsp3) is 0.370. The van der Waals surface area contributed by atoms with Crippen LogP contribution in [-0.2, 0) is 12.7 Å². The van der Waals surface area contributed by atoms with Gasteiger partial charge in [0.2, 0.25) is 11.8 Å². The van der Waals surface area contributed by atoms with Crippen molar-refractivity contribution in [3.8, 4) is 17.5 Å². The highest BCUT2D eigenvalue weighted by molar-refractivity contribution is 5.83. The Balaban J connectivity index is 1.53. The van der Waals surface area contributed by atoms with Crippen LogP contribution < -0.4 is 24.8 Å². The van der Waals surface area contributed by atoms with E-state index in [0.717, 1.165) is 6.07 Å². The van der Waals surface area contributed by atoms with Crippen molar-refractivity contribution < 1.29 is 27.4 Å². The zero-order valence-corrected chi connectivity index (χ0v) is 21.7. The van der Waals surface area contributed by atoms with E-state index in [9.17, 15) is 18.0 Å². The molecule has 0 amide bonds. The molecule has 0 spiro atoms. The van der Waals surface area contributed by atoms with E-state index >= 15 is 0 Å². The third-order valence-electron chi connectivity index (χ3n) is 7.10. The van der Waals surface area contributed by atoms with E-state index in [0.29, 0.717) is 60.2 Å². The van der Waals surface area contributed by atoms with Crippen molar-refractivity contribution in [2.24, 2.45) is 0 Å². The second-order valence-corrected chi connectivity index (χ2v) is 9.18. The Morgan fingerprint density at radius 3 is 2.21 bits per heavy atom. The Morgan fingerprint density at radius 2 is 1.59 bits per heavy atom. The van der Waals surface area contributed by atoms with Gasteiger partial charge in [-0.3, -0.25) is 9.13 Å². The standard InChI is InChI=1S/C27H28F3N5O4/c1-37-21-10-6-9-20-22(21)34(15-17-7-4-5-8-19(17)27(28,29)30)26(36)35(20)18-11-13-33(14-12-18)23-24(38-2)31-16-32-25(23)39-3/h4-10,16,18H,11-15H2,1-3H3. The summed E-state index contributed by atoms with van der Waals surface area (Å²) in [6.45, 7) is 0.877. The van der Waals surface area contributed by atoms with E-state index in [1.165, 1.54) is 50.4 Å². The van der Waals surface area contributed by atoms with Gasteiger partial charge in [0, 0.05) is 19.1 Å². The predicted octanol–water partition coefficient (Wildman–Crippen LogP) is 4.53. The second-order valence-electron chi connectivity index (χ2n) is 9.18. The van der Waals surface area contributed by atoms with E-state index in [4.69, 9.17) is 14.2 Å². The van der Waals surface area contributed by atoms with Crippen LogP contribution in [0.15, 0.2) is 53.6 Å². The first kappa shape index (κ1) is 26.4.